The van der Waals surface area contributed by atoms with Crippen molar-refractivity contribution < 1.29 is 19.1 Å². The topological polar surface area (TPSA) is 55.8 Å². The molecule has 108 valence electrons. The van der Waals surface area contributed by atoms with Crippen LogP contribution in [0.1, 0.15) is 40.5 Å². The Balaban J connectivity index is 2.65. The predicted molar refractivity (Wildman–Crippen MR) is 71.7 cm³/mol. The Morgan fingerprint density at radius 1 is 1.32 bits per heavy atom. The van der Waals surface area contributed by atoms with Crippen molar-refractivity contribution in [1.82, 2.24) is 4.90 Å². The molecule has 1 rings (SSSR count). The number of ether oxygens (including phenoxy) is 2. The molecule has 0 N–H and O–H groups in total. The second-order valence-corrected chi connectivity index (χ2v) is 5.50. The van der Waals surface area contributed by atoms with Gasteiger partial charge in [-0.1, -0.05) is 12.2 Å². The van der Waals surface area contributed by atoms with Crippen molar-refractivity contribution >= 4 is 12.1 Å². The van der Waals surface area contributed by atoms with Gasteiger partial charge < -0.3 is 14.4 Å². The summed E-state index contributed by atoms with van der Waals surface area (Å²) in [6.45, 7) is 8.07. The fourth-order valence-corrected chi connectivity index (χ4v) is 1.87. The van der Waals surface area contributed by atoms with Gasteiger partial charge in [-0.15, -0.1) is 0 Å². The van der Waals surface area contributed by atoms with E-state index in [9.17, 15) is 9.59 Å². The predicted octanol–water partition coefficient (Wildman–Crippen LogP) is 2.51. The first-order chi connectivity index (χ1) is 8.83. The molecule has 1 unspecified atom stereocenters. The average molecular weight is 269 g/mol. The molecular weight excluding hydrogens is 246 g/mol. The van der Waals surface area contributed by atoms with Crippen molar-refractivity contribution in [3.63, 3.8) is 0 Å². The van der Waals surface area contributed by atoms with Crippen molar-refractivity contribution in [3.8, 4) is 0 Å². The summed E-state index contributed by atoms with van der Waals surface area (Å²) in [6.07, 6.45) is 4.36. The first kappa shape index (κ1) is 15.5. The van der Waals surface area contributed by atoms with Gasteiger partial charge in [0.05, 0.1) is 13.0 Å². The fraction of sp³-hybridized carbons (Fsp3) is 0.714. The molecule has 1 aliphatic heterocycles. The summed E-state index contributed by atoms with van der Waals surface area (Å²) in [6, 6.07) is -0.182. The zero-order valence-electron chi connectivity index (χ0n) is 12.1. The molecule has 0 bridgehead atoms. The minimum Gasteiger partial charge on any atom is -0.466 e. The van der Waals surface area contributed by atoms with Crippen LogP contribution in [0.5, 0.6) is 0 Å². The molecule has 1 atom stereocenters. The van der Waals surface area contributed by atoms with Crippen molar-refractivity contribution in [1.29, 1.82) is 0 Å². The van der Waals surface area contributed by atoms with Crippen LogP contribution in [0, 0.1) is 0 Å². The molecule has 0 saturated carbocycles. The summed E-state index contributed by atoms with van der Waals surface area (Å²) < 4.78 is 10.3. The van der Waals surface area contributed by atoms with Crippen molar-refractivity contribution in [2.75, 3.05) is 13.2 Å². The van der Waals surface area contributed by atoms with Crippen LogP contribution < -0.4 is 0 Å². The lowest BCUT2D eigenvalue weighted by atomic mass is 10.1. The monoisotopic (exact) mass is 269 g/mol. The van der Waals surface area contributed by atoms with E-state index in [1.54, 1.807) is 11.8 Å². The molecule has 1 aliphatic rings. The van der Waals surface area contributed by atoms with Gasteiger partial charge in [-0.3, -0.25) is 4.79 Å². The van der Waals surface area contributed by atoms with E-state index in [-0.39, 0.29) is 24.5 Å². The number of rotatable bonds is 3. The normalized spacial score (nSPS) is 19.2. The lowest BCUT2D eigenvalue weighted by Gasteiger charge is -2.34. The number of hydrogen-bond acceptors (Lipinski definition) is 4. The van der Waals surface area contributed by atoms with Crippen LogP contribution in [0.2, 0.25) is 0 Å². The van der Waals surface area contributed by atoms with Crippen molar-refractivity contribution in [2.45, 2.75) is 52.2 Å². The molecule has 0 aromatic rings. The van der Waals surface area contributed by atoms with E-state index in [0.29, 0.717) is 19.6 Å². The third-order valence-electron chi connectivity index (χ3n) is 2.65. The largest absolute Gasteiger partial charge is 0.466 e. The van der Waals surface area contributed by atoms with E-state index < -0.39 is 5.60 Å². The van der Waals surface area contributed by atoms with Crippen LogP contribution in [-0.4, -0.2) is 41.8 Å². The molecule has 5 heteroatoms. The maximum atomic E-state index is 12.1. The lowest BCUT2D eigenvalue weighted by molar-refractivity contribution is -0.144. The number of hydrogen-bond donors (Lipinski definition) is 0. The minimum absolute atomic E-state index is 0.182. The molecule has 5 nitrogen and oxygen atoms in total. The van der Waals surface area contributed by atoms with Gasteiger partial charge in [0.2, 0.25) is 0 Å². The van der Waals surface area contributed by atoms with Gasteiger partial charge in [-0.2, -0.15) is 0 Å². The van der Waals surface area contributed by atoms with Crippen molar-refractivity contribution in [2.24, 2.45) is 0 Å². The molecule has 0 aromatic carbocycles. The van der Waals surface area contributed by atoms with E-state index in [0.717, 1.165) is 0 Å². The third kappa shape index (κ3) is 5.32. The van der Waals surface area contributed by atoms with Gasteiger partial charge >= 0.3 is 12.1 Å². The van der Waals surface area contributed by atoms with E-state index in [1.165, 1.54) is 0 Å². The Morgan fingerprint density at radius 3 is 2.58 bits per heavy atom. The van der Waals surface area contributed by atoms with Crippen molar-refractivity contribution in [3.05, 3.63) is 12.2 Å². The zero-order valence-corrected chi connectivity index (χ0v) is 12.1. The summed E-state index contributed by atoms with van der Waals surface area (Å²) in [7, 11) is 0. The van der Waals surface area contributed by atoms with Crippen LogP contribution in [-0.2, 0) is 14.3 Å². The van der Waals surface area contributed by atoms with Crippen LogP contribution in [0.15, 0.2) is 12.2 Å². The van der Waals surface area contributed by atoms with Gasteiger partial charge in [0.1, 0.15) is 5.60 Å². The summed E-state index contributed by atoms with van der Waals surface area (Å²) in [4.78, 5) is 25.2. The molecule has 0 saturated heterocycles. The second kappa shape index (κ2) is 6.59. The van der Waals surface area contributed by atoms with E-state index in [4.69, 9.17) is 9.47 Å². The molecule has 1 amide bonds. The Morgan fingerprint density at radius 2 is 2.00 bits per heavy atom. The smallest absolute Gasteiger partial charge is 0.410 e. The number of carbonyl (C=O) groups excluding carboxylic acids is 2. The molecule has 0 fully saturated rings. The Kier molecular flexibility index (Phi) is 5.39. The second-order valence-electron chi connectivity index (χ2n) is 5.50. The maximum Gasteiger partial charge on any atom is 0.410 e. The number of amides is 1. The SMILES string of the molecule is CCOC(=O)CC1CC=CCN1C(=O)OC(C)(C)C. The minimum atomic E-state index is -0.535. The first-order valence-electron chi connectivity index (χ1n) is 6.63. The summed E-state index contributed by atoms with van der Waals surface area (Å²) in [5.74, 6) is -0.281. The quantitative estimate of drug-likeness (QED) is 0.583. The van der Waals surface area contributed by atoms with Crippen LogP contribution in [0.25, 0.3) is 0 Å². The maximum absolute atomic E-state index is 12.1. The molecule has 19 heavy (non-hydrogen) atoms. The van der Waals surface area contributed by atoms with Gasteiger partial charge in [-0.05, 0) is 34.1 Å². The standard InChI is InChI=1S/C14H23NO4/c1-5-18-12(16)10-11-8-6-7-9-15(11)13(17)19-14(2,3)4/h6-7,11H,5,8-10H2,1-4H3. The number of carbonyl (C=O) groups is 2. The zero-order chi connectivity index (χ0) is 14.5. The highest BCUT2D eigenvalue weighted by molar-refractivity contribution is 5.73. The molecule has 0 aromatic heterocycles. The number of nitrogens with zero attached hydrogens (tertiary/aromatic N) is 1. The summed E-state index contributed by atoms with van der Waals surface area (Å²) in [5, 5.41) is 0. The van der Waals surface area contributed by atoms with E-state index in [1.807, 2.05) is 32.9 Å². The molecule has 0 spiro atoms. The van der Waals surface area contributed by atoms with Crippen LogP contribution in [0.3, 0.4) is 0 Å². The number of esters is 1. The van der Waals surface area contributed by atoms with Gasteiger partial charge in [0.15, 0.2) is 0 Å². The van der Waals surface area contributed by atoms with Crippen LogP contribution >= 0.6 is 0 Å². The molecule has 0 aliphatic carbocycles. The van der Waals surface area contributed by atoms with E-state index in [2.05, 4.69) is 0 Å². The van der Waals surface area contributed by atoms with Crippen LogP contribution in [0.4, 0.5) is 4.79 Å². The lowest BCUT2D eigenvalue weighted by Crippen LogP contribution is -2.45. The third-order valence-corrected chi connectivity index (χ3v) is 2.65. The molecular formula is C14H23NO4. The Labute approximate surface area is 114 Å². The van der Waals surface area contributed by atoms with E-state index >= 15 is 0 Å². The Bertz CT molecular complexity index is 357. The first-order valence-corrected chi connectivity index (χ1v) is 6.63. The molecule has 0 radical (unpaired) electrons. The fourth-order valence-electron chi connectivity index (χ4n) is 1.87. The highest BCUT2D eigenvalue weighted by Crippen LogP contribution is 2.19. The van der Waals surface area contributed by atoms with Gasteiger partial charge in [-0.25, -0.2) is 4.79 Å². The van der Waals surface area contributed by atoms with Gasteiger partial charge in [0, 0.05) is 12.6 Å². The molecule has 1 heterocycles. The highest BCUT2D eigenvalue weighted by atomic mass is 16.6. The summed E-state index contributed by atoms with van der Waals surface area (Å²) >= 11 is 0. The highest BCUT2D eigenvalue weighted by Gasteiger charge is 2.30. The summed E-state index contributed by atoms with van der Waals surface area (Å²) in [5.41, 5.74) is -0.535. The average Bonchev–Trinajstić information content (AvgIpc) is 2.27. The Hall–Kier alpha value is -1.52. The van der Waals surface area contributed by atoms with Gasteiger partial charge in [0.25, 0.3) is 0 Å².